The lowest BCUT2D eigenvalue weighted by Gasteiger charge is -2.14. The van der Waals surface area contributed by atoms with Crippen LogP contribution in [0.2, 0.25) is 0 Å². The van der Waals surface area contributed by atoms with Gasteiger partial charge in [0.25, 0.3) is 15.9 Å². The van der Waals surface area contributed by atoms with E-state index < -0.39 is 16.1 Å². The summed E-state index contributed by atoms with van der Waals surface area (Å²) in [6.07, 6.45) is 1.26. The zero-order valence-electron chi connectivity index (χ0n) is 14.1. The van der Waals surface area contributed by atoms with Crippen molar-refractivity contribution in [2.45, 2.75) is 22.8 Å². The summed E-state index contributed by atoms with van der Waals surface area (Å²) in [6, 6.07) is 13.1. The van der Waals surface area contributed by atoms with Crippen molar-refractivity contribution in [2.24, 2.45) is 0 Å². The summed E-state index contributed by atoms with van der Waals surface area (Å²) >= 11 is 1.53. The topological polar surface area (TPSA) is 84.5 Å². The first kappa shape index (κ1) is 19.1. The maximum Gasteiger partial charge on any atom is 0.261 e. The van der Waals surface area contributed by atoms with Gasteiger partial charge in [0.05, 0.1) is 4.90 Å². The fourth-order valence-corrected chi connectivity index (χ4v) is 3.57. The van der Waals surface area contributed by atoms with Crippen molar-refractivity contribution in [3.05, 3.63) is 48.5 Å². The first-order valence-corrected chi connectivity index (χ1v) is 10.2. The van der Waals surface area contributed by atoms with Gasteiger partial charge in [0.1, 0.15) is 5.75 Å². The van der Waals surface area contributed by atoms with Crippen LogP contribution in [-0.4, -0.2) is 33.7 Å². The van der Waals surface area contributed by atoms with Gasteiger partial charge in [0.15, 0.2) is 6.10 Å². The minimum absolute atomic E-state index is 0.113. The number of anilines is 1. The lowest BCUT2D eigenvalue weighted by Crippen LogP contribution is -2.33. The number of benzene rings is 2. The molecule has 0 radical (unpaired) electrons. The van der Waals surface area contributed by atoms with Gasteiger partial charge in [-0.25, -0.2) is 8.42 Å². The second kappa shape index (κ2) is 8.26. The molecule has 8 heteroatoms. The quantitative estimate of drug-likeness (QED) is 0.722. The first-order valence-electron chi connectivity index (χ1n) is 7.51. The van der Waals surface area contributed by atoms with Gasteiger partial charge in [0.2, 0.25) is 0 Å². The van der Waals surface area contributed by atoms with Gasteiger partial charge in [0, 0.05) is 17.6 Å². The van der Waals surface area contributed by atoms with Crippen molar-refractivity contribution in [1.82, 2.24) is 5.32 Å². The van der Waals surface area contributed by atoms with Crippen LogP contribution in [0.4, 0.5) is 5.69 Å². The number of hydrogen-bond donors (Lipinski definition) is 2. The van der Waals surface area contributed by atoms with Crippen molar-refractivity contribution in [3.63, 3.8) is 0 Å². The van der Waals surface area contributed by atoms with Gasteiger partial charge in [-0.2, -0.15) is 0 Å². The molecule has 2 aromatic carbocycles. The molecule has 0 aromatic heterocycles. The van der Waals surface area contributed by atoms with Gasteiger partial charge in [-0.15, -0.1) is 11.8 Å². The number of amides is 1. The van der Waals surface area contributed by atoms with E-state index in [9.17, 15) is 13.2 Å². The Balaban J connectivity index is 2.13. The van der Waals surface area contributed by atoms with E-state index in [-0.39, 0.29) is 10.8 Å². The third-order valence-corrected chi connectivity index (χ3v) is 5.51. The van der Waals surface area contributed by atoms with Crippen molar-refractivity contribution >= 4 is 33.4 Å². The zero-order chi connectivity index (χ0) is 18.4. The highest BCUT2D eigenvalue weighted by Crippen LogP contribution is 2.23. The maximum absolute atomic E-state index is 12.5. The zero-order valence-corrected chi connectivity index (χ0v) is 15.8. The number of sulfonamides is 1. The molecule has 0 bridgehead atoms. The Kier molecular flexibility index (Phi) is 6.33. The molecule has 1 amide bonds. The van der Waals surface area contributed by atoms with E-state index in [1.54, 1.807) is 25.1 Å². The average molecular weight is 380 g/mol. The van der Waals surface area contributed by atoms with Crippen LogP contribution in [0.1, 0.15) is 6.92 Å². The fourth-order valence-electron chi connectivity index (χ4n) is 2.06. The van der Waals surface area contributed by atoms with Crippen molar-refractivity contribution < 1.29 is 17.9 Å². The second-order valence-corrected chi connectivity index (χ2v) is 7.75. The van der Waals surface area contributed by atoms with E-state index in [0.717, 1.165) is 4.90 Å². The Hall–Kier alpha value is -2.19. The van der Waals surface area contributed by atoms with E-state index >= 15 is 0 Å². The SMILES string of the molecule is CNC(=O)[C@H](C)Oc1ccc(S(=O)(=O)Nc2cccc(SC)c2)cc1. The summed E-state index contributed by atoms with van der Waals surface area (Å²) in [4.78, 5) is 12.5. The summed E-state index contributed by atoms with van der Waals surface area (Å²) in [7, 11) is -2.18. The number of hydrogen-bond acceptors (Lipinski definition) is 5. The van der Waals surface area contributed by atoms with Crippen LogP contribution in [0.3, 0.4) is 0 Å². The molecule has 0 unspecified atom stereocenters. The summed E-state index contributed by atoms with van der Waals surface area (Å²) in [5, 5.41) is 2.49. The molecule has 0 heterocycles. The van der Waals surface area contributed by atoms with Crippen LogP contribution in [0, 0.1) is 0 Å². The molecule has 6 nitrogen and oxygen atoms in total. The standard InChI is InChI=1S/C17H20N2O4S2/c1-12(17(20)18-2)23-14-7-9-16(10-8-14)25(21,22)19-13-5-4-6-15(11-13)24-3/h4-12,19H,1-3H3,(H,18,20)/t12-/m0/s1. The highest BCUT2D eigenvalue weighted by atomic mass is 32.2. The number of likely N-dealkylation sites (N-methyl/N-ethyl adjacent to an activating group) is 1. The molecule has 0 aliphatic carbocycles. The number of carbonyl (C=O) groups excluding carboxylic acids is 1. The molecule has 2 N–H and O–H groups in total. The largest absolute Gasteiger partial charge is 0.481 e. The Morgan fingerprint density at radius 1 is 1.16 bits per heavy atom. The molecule has 1 atom stereocenters. The highest BCUT2D eigenvalue weighted by molar-refractivity contribution is 7.98. The van der Waals surface area contributed by atoms with Crippen LogP contribution < -0.4 is 14.8 Å². The van der Waals surface area contributed by atoms with E-state index in [0.29, 0.717) is 11.4 Å². The number of thioether (sulfide) groups is 1. The number of rotatable bonds is 7. The van der Waals surface area contributed by atoms with E-state index in [1.165, 1.54) is 43.1 Å². The molecule has 2 rings (SSSR count). The lowest BCUT2D eigenvalue weighted by molar-refractivity contribution is -0.126. The second-order valence-electron chi connectivity index (χ2n) is 5.18. The van der Waals surface area contributed by atoms with Gasteiger partial charge < -0.3 is 10.1 Å². The molecule has 25 heavy (non-hydrogen) atoms. The lowest BCUT2D eigenvalue weighted by atomic mass is 10.3. The maximum atomic E-state index is 12.5. The van der Waals surface area contributed by atoms with Crippen LogP contribution in [0.5, 0.6) is 5.75 Å². The summed E-state index contributed by atoms with van der Waals surface area (Å²) in [5.41, 5.74) is 0.500. The van der Waals surface area contributed by atoms with Gasteiger partial charge in [-0.05, 0) is 55.6 Å². The Labute approximate surface area is 152 Å². The average Bonchev–Trinajstić information content (AvgIpc) is 2.61. The molecule has 0 saturated heterocycles. The molecular weight excluding hydrogens is 360 g/mol. The molecule has 0 aliphatic heterocycles. The fraction of sp³-hybridized carbons (Fsp3) is 0.235. The van der Waals surface area contributed by atoms with E-state index in [1.807, 2.05) is 12.3 Å². The molecule has 2 aromatic rings. The predicted molar refractivity (Wildman–Crippen MR) is 99.6 cm³/mol. The van der Waals surface area contributed by atoms with E-state index in [2.05, 4.69) is 10.0 Å². The Morgan fingerprint density at radius 2 is 1.84 bits per heavy atom. The molecule has 134 valence electrons. The molecule has 0 aliphatic rings. The van der Waals surface area contributed by atoms with Crippen molar-refractivity contribution in [2.75, 3.05) is 18.0 Å². The Bertz CT molecular complexity index is 836. The monoisotopic (exact) mass is 380 g/mol. The van der Waals surface area contributed by atoms with Gasteiger partial charge in [-0.1, -0.05) is 6.07 Å². The van der Waals surface area contributed by atoms with Gasteiger partial charge >= 0.3 is 0 Å². The molecule has 0 spiro atoms. The summed E-state index contributed by atoms with van der Waals surface area (Å²) in [6.45, 7) is 1.61. The Morgan fingerprint density at radius 3 is 2.44 bits per heavy atom. The van der Waals surface area contributed by atoms with Crippen LogP contribution >= 0.6 is 11.8 Å². The van der Waals surface area contributed by atoms with Crippen molar-refractivity contribution in [3.8, 4) is 5.75 Å². The van der Waals surface area contributed by atoms with E-state index in [4.69, 9.17) is 4.74 Å². The van der Waals surface area contributed by atoms with Crippen molar-refractivity contribution in [1.29, 1.82) is 0 Å². The minimum Gasteiger partial charge on any atom is -0.481 e. The predicted octanol–water partition coefficient (Wildman–Crippen LogP) is 2.72. The third-order valence-electron chi connectivity index (χ3n) is 3.38. The summed E-state index contributed by atoms with van der Waals surface area (Å²) < 4.78 is 32.9. The third kappa shape index (κ3) is 5.14. The molecule has 0 saturated carbocycles. The van der Waals surface area contributed by atoms with Crippen LogP contribution in [-0.2, 0) is 14.8 Å². The molecular formula is C17H20N2O4S2. The number of carbonyl (C=O) groups is 1. The number of nitrogens with one attached hydrogen (secondary N) is 2. The smallest absolute Gasteiger partial charge is 0.261 e. The number of ether oxygens (including phenoxy) is 1. The normalized spacial score (nSPS) is 12.3. The molecule has 0 fully saturated rings. The first-order chi connectivity index (χ1) is 11.9. The van der Waals surface area contributed by atoms with Crippen LogP contribution in [0.15, 0.2) is 58.3 Å². The minimum atomic E-state index is -3.70. The summed E-state index contributed by atoms with van der Waals surface area (Å²) in [5.74, 6) is 0.159. The highest BCUT2D eigenvalue weighted by Gasteiger charge is 2.16. The van der Waals surface area contributed by atoms with Gasteiger partial charge in [-0.3, -0.25) is 9.52 Å². The van der Waals surface area contributed by atoms with Crippen LogP contribution in [0.25, 0.3) is 0 Å².